The zero-order valence-electron chi connectivity index (χ0n) is 19.5. The van der Waals surface area contributed by atoms with Gasteiger partial charge in [-0.15, -0.1) is 0 Å². The standard InChI is InChI=1S/C26H26ClFN4O3/c1-34-21-9-17(10-22(13-21)35-2)14-31-25(33)19-8-16(15-32-26-29-5-6-30-26)7-18(11-19)23-4-3-20(28)12-24(23)27/h3-4,7-13H,5-6,14-15H2,1-2H3,(H,31,33)(H2,29,30,32). The van der Waals surface area contributed by atoms with Crippen LogP contribution in [-0.4, -0.2) is 39.2 Å². The number of carbonyl (C=O) groups is 1. The summed E-state index contributed by atoms with van der Waals surface area (Å²) in [5.74, 6) is 1.31. The lowest BCUT2D eigenvalue weighted by Gasteiger charge is -2.14. The Labute approximate surface area is 208 Å². The van der Waals surface area contributed by atoms with Gasteiger partial charge in [-0.05, 0) is 65.2 Å². The summed E-state index contributed by atoms with van der Waals surface area (Å²) >= 11 is 6.32. The summed E-state index contributed by atoms with van der Waals surface area (Å²) in [7, 11) is 3.15. The Morgan fingerprint density at radius 2 is 1.77 bits per heavy atom. The first kappa shape index (κ1) is 24.3. The van der Waals surface area contributed by atoms with Gasteiger partial charge in [-0.3, -0.25) is 9.79 Å². The molecular weight excluding hydrogens is 471 g/mol. The second-order valence-electron chi connectivity index (χ2n) is 7.96. The highest BCUT2D eigenvalue weighted by molar-refractivity contribution is 6.33. The molecular formula is C26H26ClFN4O3. The van der Waals surface area contributed by atoms with Crippen LogP contribution in [0.2, 0.25) is 5.02 Å². The Bertz CT molecular complexity index is 1240. The van der Waals surface area contributed by atoms with Crippen LogP contribution in [0.3, 0.4) is 0 Å². The van der Waals surface area contributed by atoms with Crippen LogP contribution in [0.25, 0.3) is 11.1 Å². The van der Waals surface area contributed by atoms with E-state index in [1.807, 2.05) is 24.3 Å². The number of hydrogen-bond acceptors (Lipinski definition) is 6. The number of halogens is 2. The number of ether oxygens (including phenoxy) is 2. The minimum Gasteiger partial charge on any atom is -0.497 e. The molecule has 3 aromatic carbocycles. The molecule has 1 aliphatic heterocycles. The molecule has 0 spiro atoms. The van der Waals surface area contributed by atoms with E-state index in [0.29, 0.717) is 40.7 Å². The molecule has 0 aromatic heterocycles. The van der Waals surface area contributed by atoms with Gasteiger partial charge in [-0.2, -0.15) is 0 Å². The predicted molar refractivity (Wildman–Crippen MR) is 135 cm³/mol. The van der Waals surface area contributed by atoms with Gasteiger partial charge in [0, 0.05) is 36.8 Å². The highest BCUT2D eigenvalue weighted by atomic mass is 35.5. The zero-order valence-corrected chi connectivity index (χ0v) is 20.2. The highest BCUT2D eigenvalue weighted by Crippen LogP contribution is 2.30. The van der Waals surface area contributed by atoms with Gasteiger partial charge in [-0.25, -0.2) is 4.39 Å². The molecule has 9 heteroatoms. The van der Waals surface area contributed by atoms with E-state index in [2.05, 4.69) is 20.9 Å². The molecule has 0 saturated heterocycles. The van der Waals surface area contributed by atoms with Crippen LogP contribution in [0.15, 0.2) is 59.6 Å². The fourth-order valence-corrected chi connectivity index (χ4v) is 4.04. The monoisotopic (exact) mass is 496 g/mol. The molecule has 35 heavy (non-hydrogen) atoms. The molecule has 1 aliphatic rings. The Hall–Kier alpha value is -3.78. The summed E-state index contributed by atoms with van der Waals surface area (Å²) in [5.41, 5.74) is 3.49. The van der Waals surface area contributed by atoms with Gasteiger partial charge < -0.3 is 25.4 Å². The first-order valence-corrected chi connectivity index (χ1v) is 11.4. The normalized spacial score (nSPS) is 12.5. The lowest BCUT2D eigenvalue weighted by Crippen LogP contribution is -2.33. The van der Waals surface area contributed by atoms with Crippen LogP contribution in [0, 0.1) is 5.82 Å². The maximum absolute atomic E-state index is 13.6. The summed E-state index contributed by atoms with van der Waals surface area (Å²) in [6, 6.07) is 15.1. The van der Waals surface area contributed by atoms with Gasteiger partial charge in [0.05, 0.1) is 25.8 Å². The summed E-state index contributed by atoms with van der Waals surface area (Å²) in [4.78, 5) is 17.5. The predicted octanol–water partition coefficient (Wildman–Crippen LogP) is 4.14. The molecule has 0 radical (unpaired) electrons. The number of nitrogens with one attached hydrogen (secondary N) is 3. The number of rotatable bonds is 8. The second-order valence-corrected chi connectivity index (χ2v) is 8.36. The number of amides is 1. The lowest BCUT2D eigenvalue weighted by molar-refractivity contribution is 0.0950. The van der Waals surface area contributed by atoms with E-state index in [1.54, 1.807) is 32.4 Å². The third kappa shape index (κ3) is 6.22. The molecule has 1 heterocycles. The van der Waals surface area contributed by atoms with Crippen LogP contribution in [0.1, 0.15) is 21.5 Å². The van der Waals surface area contributed by atoms with Gasteiger partial charge in [0.1, 0.15) is 17.3 Å². The molecule has 0 atom stereocenters. The van der Waals surface area contributed by atoms with Crippen molar-refractivity contribution in [3.63, 3.8) is 0 Å². The van der Waals surface area contributed by atoms with Crippen molar-refractivity contribution in [2.75, 3.05) is 27.3 Å². The van der Waals surface area contributed by atoms with Crippen molar-refractivity contribution in [2.45, 2.75) is 13.1 Å². The van der Waals surface area contributed by atoms with Crippen LogP contribution >= 0.6 is 11.6 Å². The van der Waals surface area contributed by atoms with Crippen molar-refractivity contribution in [3.05, 3.63) is 82.1 Å². The van der Waals surface area contributed by atoms with E-state index in [1.165, 1.54) is 12.1 Å². The number of guanidine groups is 1. The van der Waals surface area contributed by atoms with E-state index in [4.69, 9.17) is 21.1 Å². The molecule has 0 fully saturated rings. The fraction of sp³-hybridized carbons (Fsp3) is 0.231. The maximum Gasteiger partial charge on any atom is 0.251 e. The van der Waals surface area contributed by atoms with Crippen molar-refractivity contribution in [1.29, 1.82) is 0 Å². The van der Waals surface area contributed by atoms with Crippen LogP contribution in [0.5, 0.6) is 11.5 Å². The number of aliphatic imine (C=N–C) groups is 1. The molecule has 182 valence electrons. The average molecular weight is 497 g/mol. The van der Waals surface area contributed by atoms with Crippen molar-refractivity contribution in [3.8, 4) is 22.6 Å². The molecule has 3 N–H and O–H groups in total. The minimum absolute atomic E-state index is 0.260. The molecule has 0 bridgehead atoms. The first-order chi connectivity index (χ1) is 16.9. The number of nitrogens with zero attached hydrogens (tertiary/aromatic N) is 1. The third-order valence-electron chi connectivity index (χ3n) is 5.50. The SMILES string of the molecule is COc1cc(CNC(=O)c2cc(CNC3=NCCN3)cc(-c3ccc(F)cc3Cl)c2)cc(OC)c1. The topological polar surface area (TPSA) is 84.0 Å². The van der Waals surface area contributed by atoms with Crippen molar-refractivity contribution in [2.24, 2.45) is 4.99 Å². The Morgan fingerprint density at radius 1 is 1.03 bits per heavy atom. The van der Waals surface area contributed by atoms with E-state index < -0.39 is 5.82 Å². The Balaban J connectivity index is 1.59. The van der Waals surface area contributed by atoms with Gasteiger partial charge >= 0.3 is 0 Å². The van der Waals surface area contributed by atoms with E-state index >= 15 is 0 Å². The quantitative estimate of drug-likeness (QED) is 0.436. The van der Waals surface area contributed by atoms with E-state index in [-0.39, 0.29) is 17.5 Å². The van der Waals surface area contributed by atoms with Crippen molar-refractivity contribution >= 4 is 23.5 Å². The van der Waals surface area contributed by atoms with Crippen LogP contribution in [-0.2, 0) is 13.1 Å². The molecule has 3 aromatic rings. The second kappa shape index (κ2) is 11.1. The fourth-order valence-electron chi connectivity index (χ4n) is 3.76. The van der Waals surface area contributed by atoms with Crippen molar-refractivity contribution in [1.82, 2.24) is 16.0 Å². The smallest absolute Gasteiger partial charge is 0.251 e. The number of benzene rings is 3. The molecule has 1 amide bonds. The largest absolute Gasteiger partial charge is 0.497 e. The molecule has 7 nitrogen and oxygen atoms in total. The number of hydrogen-bond donors (Lipinski definition) is 3. The molecule has 0 saturated carbocycles. The molecule has 0 unspecified atom stereocenters. The van der Waals surface area contributed by atoms with Crippen molar-refractivity contribution < 1.29 is 18.7 Å². The third-order valence-corrected chi connectivity index (χ3v) is 5.81. The van der Waals surface area contributed by atoms with E-state index in [9.17, 15) is 9.18 Å². The first-order valence-electron chi connectivity index (χ1n) is 11.1. The van der Waals surface area contributed by atoms with Gasteiger partial charge in [-0.1, -0.05) is 11.6 Å². The summed E-state index contributed by atoms with van der Waals surface area (Å²) in [5, 5.41) is 9.61. The number of carbonyl (C=O) groups excluding carboxylic acids is 1. The summed E-state index contributed by atoms with van der Waals surface area (Å²) < 4.78 is 24.2. The van der Waals surface area contributed by atoms with Gasteiger partial charge in [0.25, 0.3) is 5.91 Å². The lowest BCUT2D eigenvalue weighted by atomic mass is 9.99. The number of methoxy groups -OCH3 is 2. The average Bonchev–Trinajstić information content (AvgIpc) is 3.39. The summed E-state index contributed by atoms with van der Waals surface area (Å²) in [6.07, 6.45) is 0. The van der Waals surface area contributed by atoms with E-state index in [0.717, 1.165) is 24.2 Å². The van der Waals surface area contributed by atoms with Gasteiger partial charge in [0.15, 0.2) is 5.96 Å². The maximum atomic E-state index is 13.6. The van der Waals surface area contributed by atoms with Crippen LogP contribution in [0.4, 0.5) is 4.39 Å². The minimum atomic E-state index is -0.423. The molecule has 0 aliphatic carbocycles. The Morgan fingerprint density at radius 3 is 2.43 bits per heavy atom. The van der Waals surface area contributed by atoms with Crippen LogP contribution < -0.4 is 25.4 Å². The zero-order chi connectivity index (χ0) is 24.8. The highest BCUT2D eigenvalue weighted by Gasteiger charge is 2.14. The van der Waals surface area contributed by atoms with Gasteiger partial charge in [0.2, 0.25) is 0 Å². The Kier molecular flexibility index (Phi) is 7.72. The summed E-state index contributed by atoms with van der Waals surface area (Å²) in [6.45, 7) is 2.24. The molecule has 4 rings (SSSR count).